The van der Waals surface area contributed by atoms with Gasteiger partial charge in [0, 0.05) is 0 Å². The molecule has 0 unspecified atom stereocenters. The molecule has 6 aromatic carbocycles. The van der Waals surface area contributed by atoms with Gasteiger partial charge in [-0.25, -0.2) is 0 Å². The summed E-state index contributed by atoms with van der Waals surface area (Å²) in [5, 5.41) is 5.32. The predicted octanol–water partition coefficient (Wildman–Crippen LogP) is 7.79. The zero-order chi connectivity index (χ0) is 24.4. The zero-order valence-electron chi connectivity index (χ0n) is 19.9. The van der Waals surface area contributed by atoms with Crippen LogP contribution in [0.5, 0.6) is 0 Å². The zero-order valence-corrected chi connectivity index (χ0v) is 23.8. The van der Waals surface area contributed by atoms with Gasteiger partial charge in [-0.1, -0.05) is 26.0 Å². The van der Waals surface area contributed by atoms with E-state index in [0.29, 0.717) is 0 Å². The van der Waals surface area contributed by atoms with Crippen molar-refractivity contribution in [2.24, 2.45) is 0 Å². The van der Waals surface area contributed by atoms with Crippen LogP contribution < -0.4 is 0 Å². The molecule has 0 bridgehead atoms. The SMILES string of the molecule is Cc1[c-]cccc1C.[SiH2]=[Zr].[c-]1ccccc1.c1ccc2[cH-]ccc2c1.c1ccc2[cH-]ccc2c1. The first-order chi connectivity index (χ1) is 16.7. The summed E-state index contributed by atoms with van der Waals surface area (Å²) in [6.45, 7) is 6.11. The number of fused-ring (bicyclic) bond motifs is 2. The van der Waals surface area contributed by atoms with Crippen molar-refractivity contribution >= 4 is 28.4 Å². The third kappa shape index (κ3) is 10.00. The van der Waals surface area contributed by atoms with E-state index < -0.39 is 0 Å². The topological polar surface area (TPSA) is 0 Å². The second-order valence-corrected chi connectivity index (χ2v) is 7.36. The van der Waals surface area contributed by atoms with E-state index in [9.17, 15) is 0 Å². The molecule has 2 heteroatoms. The van der Waals surface area contributed by atoms with Crippen LogP contribution in [0.15, 0.2) is 133 Å². The maximum absolute atomic E-state index is 3.10. The van der Waals surface area contributed by atoms with Crippen LogP contribution >= 0.6 is 0 Å². The summed E-state index contributed by atoms with van der Waals surface area (Å²) in [7, 11) is 0. The van der Waals surface area contributed by atoms with E-state index in [-0.39, 0.29) is 0 Å². The second-order valence-electron chi connectivity index (χ2n) is 7.36. The molecule has 0 saturated carbocycles. The van der Waals surface area contributed by atoms with Gasteiger partial charge in [0.25, 0.3) is 0 Å². The summed E-state index contributed by atoms with van der Waals surface area (Å²) in [6, 6.07) is 51.0. The molecule has 0 nitrogen and oxygen atoms in total. The molecule has 0 heterocycles. The molecule has 0 spiro atoms. The smallest absolute Gasteiger partial charge is 0.0809 e. The van der Waals surface area contributed by atoms with Crippen molar-refractivity contribution < 1.29 is 23.3 Å². The van der Waals surface area contributed by atoms with E-state index in [1.807, 2.05) is 49.3 Å². The average Bonchev–Trinajstić information content (AvgIpc) is 3.59. The first kappa shape index (κ1) is 27.4. The largest absolute Gasteiger partial charge is 0.184 e. The Balaban J connectivity index is 0.000000158. The first-order valence-corrected chi connectivity index (χ1v) is 17.1. The summed E-state index contributed by atoms with van der Waals surface area (Å²) in [5.74, 6) is 0. The summed E-state index contributed by atoms with van der Waals surface area (Å²) >= 11 is 1.58. The van der Waals surface area contributed by atoms with Crippen molar-refractivity contribution in [1.82, 2.24) is 0 Å². The van der Waals surface area contributed by atoms with Crippen LogP contribution in [-0.2, 0) is 23.3 Å². The fourth-order valence-electron chi connectivity index (χ4n) is 3.09. The van der Waals surface area contributed by atoms with Crippen molar-refractivity contribution in [3.63, 3.8) is 0 Å². The second kappa shape index (κ2) is 16.8. The van der Waals surface area contributed by atoms with Gasteiger partial charge in [0.05, 0.1) is 0 Å². The number of rotatable bonds is 0. The summed E-state index contributed by atoms with van der Waals surface area (Å²) < 4.78 is 0. The van der Waals surface area contributed by atoms with Crippen LogP contribution in [0.4, 0.5) is 0 Å². The molecular weight excluding hydrogens is 504 g/mol. The van der Waals surface area contributed by atoms with Gasteiger partial charge in [-0.15, -0.1) is 59.3 Å². The molecule has 0 fully saturated rings. The molecule has 0 N–H and O–H groups in total. The summed E-state index contributed by atoms with van der Waals surface area (Å²) in [6.07, 6.45) is 0. The van der Waals surface area contributed by atoms with Gasteiger partial charge in [-0.05, 0) is 0 Å². The van der Waals surface area contributed by atoms with Gasteiger partial charge in [0.2, 0.25) is 0 Å². The van der Waals surface area contributed by atoms with Gasteiger partial charge in [0.15, 0.2) is 0 Å². The number of benzene rings is 4. The van der Waals surface area contributed by atoms with Crippen LogP contribution in [0.1, 0.15) is 11.1 Å². The Kier molecular flexibility index (Phi) is 13.5. The van der Waals surface area contributed by atoms with Crippen molar-refractivity contribution in [3.05, 3.63) is 157 Å². The van der Waals surface area contributed by atoms with Crippen molar-refractivity contribution in [2.45, 2.75) is 13.8 Å². The number of hydrogen-bond acceptors (Lipinski definition) is 0. The molecule has 0 radical (unpaired) electrons. The van der Waals surface area contributed by atoms with E-state index in [2.05, 4.69) is 117 Å². The molecule has 170 valence electrons. The van der Waals surface area contributed by atoms with Gasteiger partial charge in [0.1, 0.15) is 0 Å². The quantitative estimate of drug-likeness (QED) is 0.138. The predicted molar refractivity (Wildman–Crippen MR) is 148 cm³/mol. The van der Waals surface area contributed by atoms with Gasteiger partial charge in [-0.3, -0.25) is 0 Å². The molecule has 6 rings (SSSR count). The Morgan fingerprint density at radius 1 is 0.588 bits per heavy atom. The normalized spacial score (nSPS) is 9.09. The summed E-state index contributed by atoms with van der Waals surface area (Å²) in [5.41, 5.74) is 2.56. The van der Waals surface area contributed by atoms with Crippen LogP contribution in [0.25, 0.3) is 21.5 Å². The third-order valence-corrected chi connectivity index (χ3v) is 5.04. The minimum atomic E-state index is 1.24. The molecule has 0 aliphatic rings. The Bertz CT molecular complexity index is 1140. The molecule has 6 aromatic rings. The molecule has 34 heavy (non-hydrogen) atoms. The van der Waals surface area contributed by atoms with Crippen LogP contribution in [-0.4, -0.2) is 6.88 Å². The minimum Gasteiger partial charge on any atom is -0.184 e. The van der Waals surface area contributed by atoms with E-state index in [1.54, 1.807) is 23.3 Å². The first-order valence-electron chi connectivity index (χ1n) is 11.2. The number of aryl methyl sites for hydroxylation is 2. The fraction of sp³-hybridized carbons (Fsp3) is 0.0625. The molecule has 0 amide bonds. The molecule has 0 saturated heterocycles. The maximum atomic E-state index is 3.10. The Morgan fingerprint density at radius 2 is 1.12 bits per heavy atom. The Morgan fingerprint density at radius 3 is 1.47 bits per heavy atom. The van der Waals surface area contributed by atoms with E-state index in [4.69, 9.17) is 0 Å². The Labute approximate surface area is 221 Å². The number of hydrogen-bond donors (Lipinski definition) is 0. The summed E-state index contributed by atoms with van der Waals surface area (Å²) in [4.78, 5) is 0. The van der Waals surface area contributed by atoms with Crippen molar-refractivity contribution in [1.29, 1.82) is 0 Å². The van der Waals surface area contributed by atoms with E-state index in [1.165, 1.54) is 32.7 Å². The van der Waals surface area contributed by atoms with Crippen LogP contribution in [0, 0.1) is 26.0 Å². The van der Waals surface area contributed by atoms with E-state index in [0.717, 1.165) is 0 Å². The molecule has 0 aliphatic heterocycles. The third-order valence-electron chi connectivity index (χ3n) is 5.04. The maximum Gasteiger partial charge on any atom is -0.0809 e. The van der Waals surface area contributed by atoms with Crippen LogP contribution in [0.3, 0.4) is 0 Å². The molecule has 0 aliphatic carbocycles. The molecule has 0 atom stereocenters. The molecule has 0 aromatic heterocycles. The van der Waals surface area contributed by atoms with Crippen molar-refractivity contribution in [3.8, 4) is 0 Å². The fourth-order valence-corrected chi connectivity index (χ4v) is 3.09. The Hall–Kier alpha value is -2.80. The average molecular weight is 534 g/mol. The van der Waals surface area contributed by atoms with Crippen LogP contribution in [0.2, 0.25) is 0 Å². The monoisotopic (exact) mass is 532 g/mol. The minimum absolute atomic E-state index is 1.24. The van der Waals surface area contributed by atoms with E-state index >= 15 is 0 Å². The standard InChI is InChI=1S/2C9H7.C8H9.C6H5.H2Si.Zr/c2*1-2-5-9-7-3-6-8(9)4-1;1-7-5-3-4-6-8(7)2;1-2-4-6-5-3-1;;/h2*1-7H;3-5H,1-2H3;1-5H;1H2;/q4*-1;;. The molecular formula is C32H30SiZr-4. The van der Waals surface area contributed by atoms with Gasteiger partial charge >= 0.3 is 30.2 Å². The van der Waals surface area contributed by atoms with Gasteiger partial charge in [-0.2, -0.15) is 107 Å². The van der Waals surface area contributed by atoms with Crippen molar-refractivity contribution in [2.75, 3.05) is 0 Å². The van der Waals surface area contributed by atoms with Gasteiger partial charge < -0.3 is 0 Å².